The van der Waals surface area contributed by atoms with Crippen molar-refractivity contribution in [3.63, 3.8) is 0 Å². The Morgan fingerprint density at radius 2 is 1.06 bits per heavy atom. The summed E-state index contributed by atoms with van der Waals surface area (Å²) >= 11 is 0. The van der Waals surface area contributed by atoms with Crippen LogP contribution in [0.4, 0.5) is 0 Å². The maximum absolute atomic E-state index is 3.45. The van der Waals surface area contributed by atoms with E-state index in [9.17, 15) is 0 Å². The molecule has 0 aliphatic heterocycles. The molecule has 4 heteroatoms. The predicted octanol–water partition coefficient (Wildman–Crippen LogP) is 0.799. The normalized spacial score (nSPS) is 11.7. The standard InChI is InChI=1S/C14H34N4/c1-13(2)5-6-15-7-8-16-9-10-17-11-12-18-14(3)4/h13-18H,5-12H2,1-4H3. The summed E-state index contributed by atoms with van der Waals surface area (Å²) in [6.07, 6.45) is 1.27. The van der Waals surface area contributed by atoms with Crippen molar-refractivity contribution in [1.29, 1.82) is 0 Å². The van der Waals surface area contributed by atoms with E-state index < -0.39 is 0 Å². The predicted molar refractivity (Wildman–Crippen MR) is 81.2 cm³/mol. The maximum atomic E-state index is 3.45. The molecule has 0 fully saturated rings. The lowest BCUT2D eigenvalue weighted by atomic mass is 10.1. The minimum absolute atomic E-state index is 0.585. The second-order valence-electron chi connectivity index (χ2n) is 5.54. The number of hydrogen-bond donors (Lipinski definition) is 4. The Hall–Kier alpha value is -0.160. The minimum atomic E-state index is 0.585. The van der Waals surface area contributed by atoms with Gasteiger partial charge in [0.25, 0.3) is 0 Å². The molecule has 4 N–H and O–H groups in total. The van der Waals surface area contributed by atoms with E-state index in [0.29, 0.717) is 6.04 Å². The van der Waals surface area contributed by atoms with Crippen molar-refractivity contribution in [3.05, 3.63) is 0 Å². The first kappa shape index (κ1) is 17.8. The van der Waals surface area contributed by atoms with E-state index in [1.165, 1.54) is 6.42 Å². The van der Waals surface area contributed by atoms with Gasteiger partial charge in [0.15, 0.2) is 0 Å². The molecule has 0 saturated heterocycles. The summed E-state index contributed by atoms with van der Waals surface area (Å²) in [5.74, 6) is 0.800. The molecular weight excluding hydrogens is 224 g/mol. The van der Waals surface area contributed by atoms with Crippen LogP contribution in [0.1, 0.15) is 34.1 Å². The van der Waals surface area contributed by atoms with Crippen molar-refractivity contribution in [1.82, 2.24) is 21.3 Å². The van der Waals surface area contributed by atoms with Gasteiger partial charge in [0.05, 0.1) is 0 Å². The molecule has 0 saturated carbocycles. The summed E-state index contributed by atoms with van der Waals surface area (Å²) in [4.78, 5) is 0. The maximum Gasteiger partial charge on any atom is 0.00791 e. The van der Waals surface area contributed by atoms with Crippen LogP contribution in [0.25, 0.3) is 0 Å². The first-order valence-corrected chi connectivity index (χ1v) is 7.48. The molecule has 0 rings (SSSR count). The Balaban J connectivity index is 2.95. The molecule has 0 radical (unpaired) electrons. The van der Waals surface area contributed by atoms with Crippen molar-refractivity contribution in [3.8, 4) is 0 Å². The highest BCUT2D eigenvalue weighted by Gasteiger charge is 1.93. The van der Waals surface area contributed by atoms with Gasteiger partial charge in [-0.1, -0.05) is 27.7 Å². The van der Waals surface area contributed by atoms with Crippen LogP contribution in [0, 0.1) is 5.92 Å². The smallest absolute Gasteiger partial charge is 0.00791 e. The van der Waals surface area contributed by atoms with Crippen LogP contribution in [0.3, 0.4) is 0 Å². The average molecular weight is 258 g/mol. The van der Waals surface area contributed by atoms with Crippen molar-refractivity contribution in [2.45, 2.75) is 40.2 Å². The molecule has 4 nitrogen and oxygen atoms in total. The van der Waals surface area contributed by atoms with E-state index in [1.807, 2.05) is 0 Å². The number of hydrogen-bond acceptors (Lipinski definition) is 4. The molecule has 0 aliphatic carbocycles. The topological polar surface area (TPSA) is 48.1 Å². The van der Waals surface area contributed by atoms with Crippen LogP contribution in [-0.2, 0) is 0 Å². The van der Waals surface area contributed by atoms with Crippen molar-refractivity contribution in [2.24, 2.45) is 5.92 Å². The summed E-state index contributed by atoms with van der Waals surface area (Å²) in [5.41, 5.74) is 0. The largest absolute Gasteiger partial charge is 0.315 e. The summed E-state index contributed by atoms with van der Waals surface area (Å²) in [6.45, 7) is 16.3. The molecule has 0 amide bonds. The third kappa shape index (κ3) is 15.8. The Bertz CT molecular complexity index is 142. The SMILES string of the molecule is CC(C)CCNCCNCCNCCNC(C)C. The summed E-state index contributed by atoms with van der Waals surface area (Å²) in [5, 5.41) is 13.7. The molecule has 0 aromatic rings. The highest BCUT2D eigenvalue weighted by atomic mass is 15.0. The van der Waals surface area contributed by atoms with Crippen LogP contribution in [0.5, 0.6) is 0 Å². The monoisotopic (exact) mass is 258 g/mol. The Morgan fingerprint density at radius 3 is 1.50 bits per heavy atom. The van der Waals surface area contributed by atoms with Crippen LogP contribution in [0.15, 0.2) is 0 Å². The van der Waals surface area contributed by atoms with Gasteiger partial charge in [0.1, 0.15) is 0 Å². The third-order valence-electron chi connectivity index (χ3n) is 2.71. The number of nitrogens with one attached hydrogen (secondary N) is 4. The molecule has 18 heavy (non-hydrogen) atoms. The summed E-state index contributed by atoms with van der Waals surface area (Å²) in [6, 6.07) is 0.585. The first-order valence-electron chi connectivity index (χ1n) is 7.48. The van der Waals surface area contributed by atoms with Gasteiger partial charge in [-0.05, 0) is 18.9 Å². The molecule has 0 aromatic heterocycles. The fraction of sp³-hybridized carbons (Fsp3) is 1.00. The van der Waals surface area contributed by atoms with Gasteiger partial charge >= 0.3 is 0 Å². The van der Waals surface area contributed by atoms with Crippen LogP contribution in [-0.4, -0.2) is 51.9 Å². The lowest BCUT2D eigenvalue weighted by Crippen LogP contribution is -2.36. The van der Waals surface area contributed by atoms with Crippen molar-refractivity contribution < 1.29 is 0 Å². The molecule has 0 spiro atoms. The first-order chi connectivity index (χ1) is 8.63. The van der Waals surface area contributed by atoms with E-state index in [-0.39, 0.29) is 0 Å². The van der Waals surface area contributed by atoms with E-state index in [4.69, 9.17) is 0 Å². The summed E-state index contributed by atoms with van der Waals surface area (Å²) in [7, 11) is 0. The molecule has 0 aromatic carbocycles. The van der Waals surface area contributed by atoms with E-state index >= 15 is 0 Å². The second kappa shape index (κ2) is 13.3. The Kier molecular flexibility index (Phi) is 13.2. The molecule has 0 unspecified atom stereocenters. The summed E-state index contributed by atoms with van der Waals surface area (Å²) < 4.78 is 0. The van der Waals surface area contributed by atoms with Gasteiger partial charge in [0, 0.05) is 45.3 Å². The van der Waals surface area contributed by atoms with Gasteiger partial charge in [-0.25, -0.2) is 0 Å². The highest BCUT2D eigenvalue weighted by molar-refractivity contribution is 4.58. The second-order valence-corrected chi connectivity index (χ2v) is 5.54. The van der Waals surface area contributed by atoms with Gasteiger partial charge in [-0.3, -0.25) is 0 Å². The van der Waals surface area contributed by atoms with E-state index in [1.54, 1.807) is 0 Å². The van der Waals surface area contributed by atoms with Crippen LogP contribution < -0.4 is 21.3 Å². The molecular formula is C14H34N4. The average Bonchev–Trinajstić information content (AvgIpc) is 2.29. The number of rotatable bonds is 13. The zero-order valence-corrected chi connectivity index (χ0v) is 12.8. The Morgan fingerprint density at radius 1 is 0.611 bits per heavy atom. The fourth-order valence-electron chi connectivity index (χ4n) is 1.57. The minimum Gasteiger partial charge on any atom is -0.315 e. The molecule has 0 heterocycles. The molecule has 110 valence electrons. The molecule has 0 aliphatic rings. The van der Waals surface area contributed by atoms with Crippen LogP contribution in [0.2, 0.25) is 0 Å². The zero-order valence-electron chi connectivity index (χ0n) is 12.8. The fourth-order valence-corrected chi connectivity index (χ4v) is 1.57. The highest BCUT2D eigenvalue weighted by Crippen LogP contribution is 1.95. The van der Waals surface area contributed by atoms with Gasteiger partial charge < -0.3 is 21.3 Å². The lowest BCUT2D eigenvalue weighted by molar-refractivity contribution is 0.519. The lowest BCUT2D eigenvalue weighted by Gasteiger charge is -2.10. The van der Waals surface area contributed by atoms with Crippen molar-refractivity contribution in [2.75, 3.05) is 45.8 Å². The van der Waals surface area contributed by atoms with Gasteiger partial charge in [0.2, 0.25) is 0 Å². The quantitative estimate of drug-likeness (QED) is 0.369. The Labute approximate surface area is 114 Å². The molecule has 0 atom stereocenters. The van der Waals surface area contributed by atoms with Gasteiger partial charge in [-0.2, -0.15) is 0 Å². The third-order valence-corrected chi connectivity index (χ3v) is 2.71. The van der Waals surface area contributed by atoms with E-state index in [2.05, 4.69) is 49.0 Å². The van der Waals surface area contributed by atoms with Crippen molar-refractivity contribution >= 4 is 0 Å². The van der Waals surface area contributed by atoms with Gasteiger partial charge in [-0.15, -0.1) is 0 Å². The van der Waals surface area contributed by atoms with Crippen LogP contribution >= 0.6 is 0 Å². The zero-order chi connectivity index (χ0) is 13.6. The van der Waals surface area contributed by atoms with E-state index in [0.717, 1.165) is 51.7 Å². The molecule has 0 bridgehead atoms.